The molecule has 0 aliphatic carbocycles. The van der Waals surface area contributed by atoms with Gasteiger partial charge < -0.3 is 20.0 Å². The topological polar surface area (TPSA) is 55.9 Å². The lowest BCUT2D eigenvalue weighted by molar-refractivity contribution is -0.126. The Bertz CT molecular complexity index is 749. The molecule has 166 valence electrons. The molecule has 2 aliphatic rings. The number of hydrogen-bond acceptors (Lipinski definition) is 3. The summed E-state index contributed by atoms with van der Waals surface area (Å²) in [5.74, 6) is -1.40. The van der Waals surface area contributed by atoms with E-state index in [0.717, 1.165) is 19.0 Å². The van der Waals surface area contributed by atoms with E-state index >= 15 is 0 Å². The molecule has 8 heteroatoms. The van der Waals surface area contributed by atoms with Gasteiger partial charge in [0.05, 0.1) is 0 Å². The smallest absolute Gasteiger partial charge is 0.319 e. The number of benzene rings is 1. The van der Waals surface area contributed by atoms with E-state index in [1.165, 1.54) is 6.07 Å². The predicted octanol–water partition coefficient (Wildman–Crippen LogP) is 3.08. The molecule has 0 bridgehead atoms. The molecule has 6 nitrogen and oxygen atoms in total. The van der Waals surface area contributed by atoms with Crippen LogP contribution in [0.1, 0.15) is 33.1 Å². The lowest BCUT2D eigenvalue weighted by atomic mass is 9.95. The molecule has 0 aromatic heterocycles. The van der Waals surface area contributed by atoms with E-state index in [4.69, 9.17) is 0 Å². The van der Waals surface area contributed by atoms with Crippen LogP contribution in [0.25, 0.3) is 0 Å². The van der Waals surface area contributed by atoms with E-state index < -0.39 is 11.6 Å². The number of rotatable bonds is 6. The molecular formula is C22H32F2N4O2. The maximum absolute atomic E-state index is 13.5. The van der Waals surface area contributed by atoms with E-state index in [9.17, 15) is 18.4 Å². The van der Waals surface area contributed by atoms with Gasteiger partial charge in [-0.25, -0.2) is 13.6 Å². The van der Waals surface area contributed by atoms with Crippen LogP contribution in [0.4, 0.5) is 19.3 Å². The predicted molar refractivity (Wildman–Crippen MR) is 112 cm³/mol. The Hall–Kier alpha value is -2.38. The first-order valence-electron chi connectivity index (χ1n) is 10.9. The maximum atomic E-state index is 13.5. The van der Waals surface area contributed by atoms with Crippen LogP contribution in [0.15, 0.2) is 18.2 Å². The van der Waals surface area contributed by atoms with Gasteiger partial charge in [0.2, 0.25) is 5.91 Å². The van der Waals surface area contributed by atoms with Gasteiger partial charge in [0.25, 0.3) is 0 Å². The van der Waals surface area contributed by atoms with Gasteiger partial charge in [-0.1, -0.05) is 0 Å². The summed E-state index contributed by atoms with van der Waals surface area (Å²) in [6, 6.07) is 4.02. The Labute approximate surface area is 177 Å². The molecular weight excluding hydrogens is 390 g/mol. The molecule has 1 atom stereocenters. The first-order valence-corrected chi connectivity index (χ1v) is 10.9. The third-order valence-corrected chi connectivity index (χ3v) is 6.29. The van der Waals surface area contributed by atoms with Crippen molar-refractivity contribution in [3.63, 3.8) is 0 Å². The van der Waals surface area contributed by atoms with E-state index in [0.29, 0.717) is 57.8 Å². The SMILES string of the molecule is CCN(CC)C(=O)N1CCC(C(=O)NCC2CCN(c3ccc(F)c(F)c3)C2)CC1. The van der Waals surface area contributed by atoms with Crippen molar-refractivity contribution in [3.05, 3.63) is 29.8 Å². The highest BCUT2D eigenvalue weighted by Crippen LogP contribution is 2.25. The highest BCUT2D eigenvalue weighted by atomic mass is 19.2. The first kappa shape index (κ1) is 22.3. The van der Waals surface area contributed by atoms with Crippen molar-refractivity contribution in [2.75, 3.05) is 50.7 Å². The van der Waals surface area contributed by atoms with Gasteiger partial charge in [-0.05, 0) is 51.2 Å². The Morgan fingerprint density at radius 2 is 1.77 bits per heavy atom. The summed E-state index contributed by atoms with van der Waals surface area (Å²) in [6.45, 7) is 8.60. The van der Waals surface area contributed by atoms with Crippen LogP contribution in [0.2, 0.25) is 0 Å². The van der Waals surface area contributed by atoms with Gasteiger partial charge in [-0.3, -0.25) is 4.79 Å². The number of carbonyl (C=O) groups is 2. The zero-order valence-electron chi connectivity index (χ0n) is 17.9. The van der Waals surface area contributed by atoms with Crippen LogP contribution >= 0.6 is 0 Å². The fourth-order valence-corrected chi connectivity index (χ4v) is 4.33. The third kappa shape index (κ3) is 5.21. The van der Waals surface area contributed by atoms with E-state index in [1.54, 1.807) is 11.0 Å². The van der Waals surface area contributed by atoms with Gasteiger partial charge in [0, 0.05) is 63.5 Å². The molecule has 2 aliphatic heterocycles. The van der Waals surface area contributed by atoms with Crippen LogP contribution in [0.3, 0.4) is 0 Å². The van der Waals surface area contributed by atoms with Crippen LogP contribution in [0.5, 0.6) is 0 Å². The number of piperidine rings is 1. The van der Waals surface area contributed by atoms with Gasteiger partial charge >= 0.3 is 6.03 Å². The Morgan fingerprint density at radius 3 is 2.40 bits per heavy atom. The van der Waals surface area contributed by atoms with Crippen molar-refractivity contribution in [1.82, 2.24) is 15.1 Å². The van der Waals surface area contributed by atoms with Crippen LogP contribution < -0.4 is 10.2 Å². The van der Waals surface area contributed by atoms with Gasteiger partial charge in [-0.2, -0.15) is 0 Å². The van der Waals surface area contributed by atoms with Crippen LogP contribution in [-0.4, -0.2) is 67.6 Å². The van der Waals surface area contributed by atoms with Gasteiger partial charge in [-0.15, -0.1) is 0 Å². The van der Waals surface area contributed by atoms with Crippen molar-refractivity contribution in [1.29, 1.82) is 0 Å². The molecule has 30 heavy (non-hydrogen) atoms. The van der Waals surface area contributed by atoms with Gasteiger partial charge in [0.1, 0.15) is 0 Å². The molecule has 0 saturated carbocycles. The second kappa shape index (κ2) is 10.1. The molecule has 1 unspecified atom stereocenters. The van der Waals surface area contributed by atoms with Crippen molar-refractivity contribution in [3.8, 4) is 0 Å². The summed E-state index contributed by atoms with van der Waals surface area (Å²) in [5, 5.41) is 3.06. The molecule has 3 amide bonds. The molecule has 1 N–H and O–H groups in total. The fraction of sp³-hybridized carbons (Fsp3) is 0.636. The second-order valence-corrected chi connectivity index (χ2v) is 8.16. The molecule has 1 aromatic rings. The van der Waals surface area contributed by atoms with E-state index in [2.05, 4.69) is 5.32 Å². The molecule has 2 heterocycles. The standard InChI is InChI=1S/C22H32F2N4O2/c1-3-26(4-2)22(30)27-11-8-17(9-12-27)21(29)25-14-16-7-10-28(15-16)18-5-6-19(23)20(24)13-18/h5-6,13,16-17H,3-4,7-12,14-15H2,1-2H3,(H,25,29). The number of amides is 3. The Balaban J connectivity index is 1.41. The minimum Gasteiger partial charge on any atom is -0.371 e. The molecule has 1 aromatic carbocycles. The lowest BCUT2D eigenvalue weighted by Gasteiger charge is -2.34. The van der Waals surface area contributed by atoms with E-state index in [-0.39, 0.29) is 23.8 Å². The molecule has 2 fully saturated rings. The Kier molecular flexibility index (Phi) is 7.50. The number of carbonyl (C=O) groups excluding carboxylic acids is 2. The number of nitrogens with one attached hydrogen (secondary N) is 1. The first-order chi connectivity index (χ1) is 14.4. The molecule has 0 spiro atoms. The fourth-order valence-electron chi connectivity index (χ4n) is 4.33. The highest BCUT2D eigenvalue weighted by Gasteiger charge is 2.30. The van der Waals surface area contributed by atoms with Crippen LogP contribution in [-0.2, 0) is 4.79 Å². The molecule has 3 rings (SSSR count). The summed E-state index contributed by atoms with van der Waals surface area (Å²) in [7, 11) is 0. The number of nitrogens with zero attached hydrogens (tertiary/aromatic N) is 3. The normalized spacial score (nSPS) is 19.8. The van der Waals surface area contributed by atoms with Crippen molar-refractivity contribution >= 4 is 17.6 Å². The van der Waals surface area contributed by atoms with Crippen molar-refractivity contribution < 1.29 is 18.4 Å². The summed E-state index contributed by atoms with van der Waals surface area (Å²) in [6.07, 6.45) is 2.27. The zero-order valence-corrected chi connectivity index (χ0v) is 17.9. The third-order valence-electron chi connectivity index (χ3n) is 6.29. The highest BCUT2D eigenvalue weighted by molar-refractivity contribution is 5.79. The Morgan fingerprint density at radius 1 is 1.07 bits per heavy atom. The van der Waals surface area contributed by atoms with Crippen LogP contribution in [0, 0.1) is 23.5 Å². The summed E-state index contributed by atoms with van der Waals surface area (Å²) < 4.78 is 26.6. The van der Waals surface area contributed by atoms with Crippen molar-refractivity contribution in [2.24, 2.45) is 11.8 Å². The number of urea groups is 1. The number of likely N-dealkylation sites (tertiary alicyclic amines) is 1. The molecule has 0 radical (unpaired) electrons. The minimum absolute atomic E-state index is 0.0521. The molecule has 2 saturated heterocycles. The largest absolute Gasteiger partial charge is 0.371 e. The number of anilines is 1. The van der Waals surface area contributed by atoms with E-state index in [1.807, 2.05) is 23.6 Å². The maximum Gasteiger partial charge on any atom is 0.319 e. The van der Waals surface area contributed by atoms with Gasteiger partial charge in [0.15, 0.2) is 11.6 Å². The van der Waals surface area contributed by atoms with Crippen molar-refractivity contribution in [2.45, 2.75) is 33.1 Å². The number of halogens is 2. The monoisotopic (exact) mass is 422 g/mol. The summed E-state index contributed by atoms with van der Waals surface area (Å²) >= 11 is 0. The minimum atomic E-state index is -0.841. The lowest BCUT2D eigenvalue weighted by Crippen LogP contribution is -2.48. The second-order valence-electron chi connectivity index (χ2n) is 8.16. The summed E-state index contributed by atoms with van der Waals surface area (Å²) in [4.78, 5) is 30.7. The summed E-state index contributed by atoms with van der Waals surface area (Å²) in [5.41, 5.74) is 0.674. The average Bonchev–Trinajstić information content (AvgIpc) is 3.24. The zero-order chi connectivity index (χ0) is 21.7. The quantitative estimate of drug-likeness (QED) is 0.767. The number of hydrogen-bond donors (Lipinski definition) is 1. The average molecular weight is 423 g/mol.